The predicted octanol–water partition coefficient (Wildman–Crippen LogP) is 12.5. The van der Waals surface area contributed by atoms with Gasteiger partial charge in [0.15, 0.2) is 5.69 Å². The van der Waals surface area contributed by atoms with Crippen molar-refractivity contribution in [1.82, 2.24) is 4.57 Å². The molecule has 1 aromatic heterocycles. The minimum atomic E-state index is 0.502. The van der Waals surface area contributed by atoms with Crippen LogP contribution in [0.1, 0.15) is 5.56 Å². The largest absolute Gasteiger partial charge is 0.311 e. The number of fused-ring (bicyclic) bond motifs is 5. The van der Waals surface area contributed by atoms with E-state index in [9.17, 15) is 5.26 Å². The van der Waals surface area contributed by atoms with Gasteiger partial charge in [-0.1, -0.05) is 127 Å². The molecule has 0 spiro atoms. The van der Waals surface area contributed by atoms with Crippen LogP contribution in [0, 0.1) is 17.9 Å². The highest BCUT2D eigenvalue weighted by Crippen LogP contribution is 2.45. The summed E-state index contributed by atoms with van der Waals surface area (Å²) in [5.74, 6) is 0. The Morgan fingerprint density at radius 2 is 0.980 bits per heavy atom. The van der Waals surface area contributed by atoms with Crippen LogP contribution >= 0.6 is 0 Å². The molecule has 8 aromatic carbocycles. The molecule has 0 aliphatic rings. The van der Waals surface area contributed by atoms with Gasteiger partial charge in [0.2, 0.25) is 0 Å². The van der Waals surface area contributed by atoms with Crippen LogP contribution in [-0.4, -0.2) is 4.57 Å². The first-order chi connectivity index (χ1) is 24.2. The summed E-state index contributed by atoms with van der Waals surface area (Å²) in [6.07, 6.45) is 0. The Balaban J connectivity index is 1.27. The van der Waals surface area contributed by atoms with Gasteiger partial charge in [-0.15, -0.1) is 0 Å². The summed E-state index contributed by atoms with van der Waals surface area (Å²) in [4.78, 5) is 4.03. The molecule has 0 fully saturated rings. The first-order valence-electron chi connectivity index (χ1n) is 16.3. The van der Waals surface area contributed by atoms with Crippen molar-refractivity contribution in [3.63, 3.8) is 0 Å². The van der Waals surface area contributed by atoms with Gasteiger partial charge < -0.3 is 4.57 Å². The van der Waals surface area contributed by atoms with Gasteiger partial charge in [0, 0.05) is 16.5 Å². The van der Waals surface area contributed by atoms with E-state index in [0.717, 1.165) is 49.7 Å². The molecular weight excluding hydrogens is 595 g/mol. The van der Waals surface area contributed by atoms with E-state index in [4.69, 9.17) is 6.57 Å². The molecule has 9 rings (SSSR count). The van der Waals surface area contributed by atoms with E-state index in [0.29, 0.717) is 11.3 Å². The number of hydrogen-bond donors (Lipinski definition) is 0. The van der Waals surface area contributed by atoms with Gasteiger partial charge in [-0.2, -0.15) is 5.26 Å². The molecule has 3 nitrogen and oxygen atoms in total. The molecule has 0 bridgehead atoms. The van der Waals surface area contributed by atoms with Crippen LogP contribution in [0.4, 0.5) is 5.69 Å². The lowest BCUT2D eigenvalue weighted by molar-refractivity contribution is 1.18. The van der Waals surface area contributed by atoms with E-state index >= 15 is 0 Å². The highest BCUT2D eigenvalue weighted by Gasteiger charge is 2.19. The van der Waals surface area contributed by atoms with Crippen molar-refractivity contribution in [2.24, 2.45) is 0 Å². The van der Waals surface area contributed by atoms with Crippen LogP contribution in [0.3, 0.4) is 0 Å². The molecule has 0 unspecified atom stereocenters. The third-order valence-corrected chi connectivity index (χ3v) is 9.65. The number of benzene rings is 8. The molecule has 0 aliphatic heterocycles. The monoisotopic (exact) mass is 621 g/mol. The smallest absolute Gasteiger partial charge is 0.197 e. The summed E-state index contributed by atoms with van der Waals surface area (Å²) < 4.78 is 2.22. The van der Waals surface area contributed by atoms with Crippen LogP contribution in [0.25, 0.3) is 87.3 Å². The normalized spacial score (nSPS) is 11.2. The van der Waals surface area contributed by atoms with Gasteiger partial charge in [-0.25, -0.2) is 4.85 Å². The van der Waals surface area contributed by atoms with Gasteiger partial charge in [0.1, 0.15) is 0 Å². The highest BCUT2D eigenvalue weighted by atomic mass is 15.0. The molecule has 0 aliphatic carbocycles. The zero-order chi connectivity index (χ0) is 32.9. The Morgan fingerprint density at radius 1 is 0.469 bits per heavy atom. The van der Waals surface area contributed by atoms with E-state index < -0.39 is 0 Å². The molecule has 0 radical (unpaired) electrons. The molecule has 49 heavy (non-hydrogen) atoms. The SMILES string of the molecule is [C-]#[N+]c1cc(-n2c3ccccc3c3ccccc32)ccc1-c1cc(-c2c3ccccc3c(-c3ccccc3)c3ccccc23)ccc1C#N. The quantitative estimate of drug-likeness (QED) is 0.142. The topological polar surface area (TPSA) is 33.1 Å². The fraction of sp³-hybridized carbons (Fsp3) is 0. The second-order valence-electron chi connectivity index (χ2n) is 12.3. The van der Waals surface area contributed by atoms with Crippen LogP contribution in [0.5, 0.6) is 0 Å². The number of rotatable bonds is 4. The summed E-state index contributed by atoms with van der Waals surface area (Å²) in [6, 6.07) is 58.9. The maximum atomic E-state index is 10.3. The van der Waals surface area contributed by atoms with Crippen molar-refractivity contribution in [1.29, 1.82) is 5.26 Å². The van der Waals surface area contributed by atoms with Gasteiger partial charge in [-0.05, 0) is 91.3 Å². The first kappa shape index (κ1) is 28.3. The van der Waals surface area contributed by atoms with E-state index in [-0.39, 0.29) is 0 Å². The molecular formula is C46H27N3. The van der Waals surface area contributed by atoms with Crippen molar-refractivity contribution in [2.75, 3.05) is 0 Å². The van der Waals surface area contributed by atoms with Gasteiger partial charge in [0.05, 0.1) is 29.2 Å². The summed E-state index contributed by atoms with van der Waals surface area (Å²) in [5.41, 5.74) is 10.1. The zero-order valence-corrected chi connectivity index (χ0v) is 26.4. The van der Waals surface area contributed by atoms with Crippen LogP contribution in [0.15, 0.2) is 164 Å². The summed E-state index contributed by atoms with van der Waals surface area (Å²) in [6.45, 7) is 8.28. The van der Waals surface area contributed by atoms with Crippen molar-refractivity contribution >= 4 is 49.0 Å². The average molecular weight is 622 g/mol. The van der Waals surface area contributed by atoms with E-state index in [1.807, 2.05) is 42.5 Å². The third kappa shape index (κ3) is 4.42. The lowest BCUT2D eigenvalue weighted by atomic mass is 9.85. The van der Waals surface area contributed by atoms with Gasteiger partial charge >= 0.3 is 0 Å². The molecule has 0 atom stereocenters. The van der Waals surface area contributed by atoms with Crippen LogP contribution in [-0.2, 0) is 0 Å². The Hall–Kier alpha value is -6.94. The molecule has 0 saturated carbocycles. The molecule has 1 heterocycles. The summed E-state index contributed by atoms with van der Waals surface area (Å²) in [5, 5.41) is 17.3. The minimum absolute atomic E-state index is 0.502. The van der Waals surface area contributed by atoms with Gasteiger partial charge in [-0.3, -0.25) is 0 Å². The van der Waals surface area contributed by atoms with Crippen molar-refractivity contribution in [2.45, 2.75) is 0 Å². The van der Waals surface area contributed by atoms with Crippen molar-refractivity contribution in [3.05, 3.63) is 181 Å². The van der Waals surface area contributed by atoms with E-state index in [1.165, 1.54) is 32.7 Å². The average Bonchev–Trinajstić information content (AvgIpc) is 3.51. The number of nitrogens with zero attached hydrogens (tertiary/aromatic N) is 3. The number of nitriles is 1. The Bertz CT molecular complexity index is 2740. The maximum absolute atomic E-state index is 10.3. The van der Waals surface area contributed by atoms with Gasteiger partial charge in [0.25, 0.3) is 0 Å². The van der Waals surface area contributed by atoms with Crippen LogP contribution < -0.4 is 0 Å². The van der Waals surface area contributed by atoms with Crippen LogP contribution in [0.2, 0.25) is 0 Å². The second-order valence-corrected chi connectivity index (χ2v) is 12.3. The molecule has 0 saturated heterocycles. The fourth-order valence-electron chi connectivity index (χ4n) is 7.56. The Kier molecular flexibility index (Phi) is 6.58. The van der Waals surface area contributed by atoms with Crippen molar-refractivity contribution in [3.8, 4) is 45.1 Å². The number of para-hydroxylation sites is 2. The lowest BCUT2D eigenvalue weighted by Gasteiger charge is -2.19. The summed E-state index contributed by atoms with van der Waals surface area (Å²) >= 11 is 0. The van der Waals surface area contributed by atoms with E-state index in [1.54, 1.807) is 0 Å². The highest BCUT2D eigenvalue weighted by molar-refractivity contribution is 6.21. The Morgan fingerprint density at radius 3 is 1.53 bits per heavy atom. The zero-order valence-electron chi connectivity index (χ0n) is 26.4. The van der Waals surface area contributed by atoms with Crippen molar-refractivity contribution < 1.29 is 0 Å². The third-order valence-electron chi connectivity index (χ3n) is 9.65. The standard InChI is InChI=1S/C46H27N3/c1-48-42-28-33(49-43-21-11-9-15-35(43)36-16-10-12-22-44(36)49)25-26-34(42)41-27-31(23-24-32(41)29-47)46-39-19-7-5-17-37(39)45(30-13-3-2-4-14-30)38-18-6-8-20-40(38)46/h2-28H. The number of hydrogen-bond acceptors (Lipinski definition) is 1. The second kappa shape index (κ2) is 11.4. The molecule has 3 heteroatoms. The molecule has 9 aromatic rings. The molecule has 0 N–H and O–H groups in total. The molecule has 226 valence electrons. The molecule has 0 amide bonds. The minimum Gasteiger partial charge on any atom is -0.311 e. The summed E-state index contributed by atoms with van der Waals surface area (Å²) in [7, 11) is 0. The number of aromatic nitrogens is 1. The fourth-order valence-corrected chi connectivity index (χ4v) is 7.56. The predicted molar refractivity (Wildman–Crippen MR) is 203 cm³/mol. The van der Waals surface area contributed by atoms with E-state index in [2.05, 4.69) is 137 Å². The lowest BCUT2D eigenvalue weighted by Crippen LogP contribution is -1.95. The Labute approximate surface area is 284 Å². The first-order valence-corrected chi connectivity index (χ1v) is 16.3. The maximum Gasteiger partial charge on any atom is 0.197 e.